The highest BCUT2D eigenvalue weighted by molar-refractivity contribution is 5.64. The van der Waals surface area contributed by atoms with Gasteiger partial charge in [0.25, 0.3) is 0 Å². The van der Waals surface area contributed by atoms with Crippen molar-refractivity contribution in [2.75, 3.05) is 0 Å². The average Bonchev–Trinajstić information content (AvgIpc) is 2.95. The summed E-state index contributed by atoms with van der Waals surface area (Å²) in [4.78, 5) is 16.1. The number of carboxylic acid groups (broad SMARTS) is 1. The summed E-state index contributed by atoms with van der Waals surface area (Å²) in [5.41, 5.74) is 0. The molecule has 0 aliphatic heterocycles. The van der Waals surface area contributed by atoms with Crippen LogP contribution in [-0.2, 0) is 4.79 Å². The largest absolute Gasteiger partial charge is 0.550 e. The van der Waals surface area contributed by atoms with Gasteiger partial charge in [0.1, 0.15) is 12.4 Å². The fraction of sp³-hybridized carbons (Fsp3) is 0.733. The number of carboxylic acids is 1. The zero-order valence-electron chi connectivity index (χ0n) is 12.4. The van der Waals surface area contributed by atoms with Crippen LogP contribution in [0.4, 0.5) is 0 Å². The maximum Gasteiger partial charge on any atom is 0.239 e. The van der Waals surface area contributed by atoms with Gasteiger partial charge in [-0.05, 0) is 24.7 Å². The molecule has 19 heavy (non-hydrogen) atoms. The molecule has 1 heterocycles. The van der Waals surface area contributed by atoms with Crippen LogP contribution < -0.4 is 10.1 Å². The van der Waals surface area contributed by atoms with Gasteiger partial charge in [-0.25, -0.2) is 0 Å². The minimum absolute atomic E-state index is 0.233. The second kappa shape index (κ2) is 11.8. The van der Waals surface area contributed by atoms with Crippen molar-refractivity contribution >= 4 is 5.97 Å². The number of imidazole rings is 1. The van der Waals surface area contributed by atoms with Crippen LogP contribution >= 0.6 is 0 Å². The smallest absolute Gasteiger partial charge is 0.239 e. The number of hydrogen-bond donors (Lipinski definition) is 1. The average molecular weight is 268 g/mol. The van der Waals surface area contributed by atoms with Crippen LogP contribution in [0.15, 0.2) is 18.7 Å². The summed E-state index contributed by atoms with van der Waals surface area (Å²) < 4.78 is 0. The monoisotopic (exact) mass is 268 g/mol. The van der Waals surface area contributed by atoms with Crippen molar-refractivity contribution in [2.45, 2.75) is 59.3 Å². The number of carbonyl (C=O) groups is 1. The van der Waals surface area contributed by atoms with Gasteiger partial charge >= 0.3 is 0 Å². The van der Waals surface area contributed by atoms with Crippen molar-refractivity contribution in [2.24, 2.45) is 11.8 Å². The molecular weight excluding hydrogens is 240 g/mol. The lowest BCUT2D eigenvalue weighted by Crippen LogP contribution is -2.25. The van der Waals surface area contributed by atoms with E-state index in [1.54, 1.807) is 6.33 Å². The Balaban J connectivity index is 0.000000532. The van der Waals surface area contributed by atoms with Gasteiger partial charge in [-0.1, -0.05) is 46.5 Å². The fourth-order valence-corrected chi connectivity index (χ4v) is 2.24. The van der Waals surface area contributed by atoms with Crippen LogP contribution in [-0.4, -0.2) is 11.0 Å². The molecule has 0 fully saturated rings. The molecule has 4 heteroatoms. The van der Waals surface area contributed by atoms with E-state index in [1.807, 2.05) is 12.4 Å². The van der Waals surface area contributed by atoms with E-state index >= 15 is 0 Å². The van der Waals surface area contributed by atoms with E-state index in [9.17, 15) is 9.90 Å². The van der Waals surface area contributed by atoms with Gasteiger partial charge < -0.3 is 9.90 Å². The SMILES string of the molecule is CCCC(CC)CC(CC)CC(=O)[O-].c1c[nH+]c[nH]1. The fourth-order valence-electron chi connectivity index (χ4n) is 2.24. The summed E-state index contributed by atoms with van der Waals surface area (Å²) in [5, 5.41) is 10.5. The predicted octanol–water partition coefficient (Wildman–Crippen LogP) is 2.20. The van der Waals surface area contributed by atoms with Gasteiger partial charge in [-0.15, -0.1) is 0 Å². The van der Waals surface area contributed by atoms with E-state index in [2.05, 4.69) is 30.7 Å². The molecule has 0 radical (unpaired) electrons. The van der Waals surface area contributed by atoms with Crippen molar-refractivity contribution < 1.29 is 14.9 Å². The molecule has 2 atom stereocenters. The summed E-state index contributed by atoms with van der Waals surface area (Å²) in [6.45, 7) is 6.43. The second-order valence-corrected chi connectivity index (χ2v) is 4.96. The summed E-state index contributed by atoms with van der Waals surface area (Å²) in [6.07, 6.45) is 11.2. The predicted molar refractivity (Wildman–Crippen MR) is 74.1 cm³/mol. The molecule has 0 amide bonds. The number of aliphatic carboxylic acids is 1. The maximum atomic E-state index is 10.5. The first kappa shape index (κ1) is 17.7. The molecule has 1 aromatic rings. The number of nitrogens with one attached hydrogen (secondary N) is 2. The molecule has 1 rings (SSSR count). The standard InChI is InChI=1S/C12H24O2.C3H4N2/c1-4-7-10(5-2)8-11(6-3)9-12(13)14;1-2-5-3-4-1/h10-11H,4-9H2,1-3H3,(H,13,14);1-3H,(H,4,5). The molecule has 4 nitrogen and oxygen atoms in total. The van der Waals surface area contributed by atoms with E-state index in [0.717, 1.165) is 19.3 Å². The van der Waals surface area contributed by atoms with E-state index in [0.29, 0.717) is 11.8 Å². The van der Waals surface area contributed by atoms with Crippen LogP contribution in [0.3, 0.4) is 0 Å². The number of aromatic amines is 2. The Labute approximate surface area is 116 Å². The van der Waals surface area contributed by atoms with Crippen molar-refractivity contribution in [1.29, 1.82) is 0 Å². The Morgan fingerprint density at radius 1 is 1.26 bits per heavy atom. The molecule has 0 bridgehead atoms. The highest BCUT2D eigenvalue weighted by Gasteiger charge is 2.13. The van der Waals surface area contributed by atoms with Gasteiger partial charge in [0.05, 0.1) is 0 Å². The Morgan fingerprint density at radius 3 is 2.26 bits per heavy atom. The number of carbonyl (C=O) groups excluding carboxylic acids is 1. The maximum absolute atomic E-state index is 10.5. The topological polar surface area (TPSA) is 70.1 Å². The van der Waals surface area contributed by atoms with E-state index in [1.165, 1.54) is 12.8 Å². The minimum atomic E-state index is -0.900. The number of hydrogen-bond acceptors (Lipinski definition) is 2. The van der Waals surface area contributed by atoms with Crippen LogP contribution in [0.2, 0.25) is 0 Å². The molecule has 0 aliphatic rings. The summed E-state index contributed by atoms with van der Waals surface area (Å²) in [6, 6.07) is 0. The lowest BCUT2D eigenvalue weighted by Gasteiger charge is -2.21. The van der Waals surface area contributed by atoms with Gasteiger partial charge in [0, 0.05) is 5.97 Å². The van der Waals surface area contributed by atoms with E-state index in [-0.39, 0.29) is 6.42 Å². The van der Waals surface area contributed by atoms with Crippen molar-refractivity contribution in [3.8, 4) is 0 Å². The number of aromatic nitrogens is 2. The summed E-state index contributed by atoms with van der Waals surface area (Å²) >= 11 is 0. The van der Waals surface area contributed by atoms with Crippen LogP contribution in [0.25, 0.3) is 0 Å². The number of H-pyrrole nitrogens is 2. The molecule has 0 saturated heterocycles. The second-order valence-electron chi connectivity index (χ2n) is 4.96. The normalized spacial score (nSPS) is 13.2. The molecule has 2 unspecified atom stereocenters. The third kappa shape index (κ3) is 10.3. The van der Waals surface area contributed by atoms with Crippen LogP contribution in [0.5, 0.6) is 0 Å². The van der Waals surface area contributed by atoms with E-state index in [4.69, 9.17) is 0 Å². The van der Waals surface area contributed by atoms with Gasteiger partial charge in [-0.3, -0.25) is 9.97 Å². The molecular formula is C15H28N2O2. The van der Waals surface area contributed by atoms with E-state index < -0.39 is 5.97 Å². The molecule has 0 saturated carbocycles. The molecule has 0 spiro atoms. The highest BCUT2D eigenvalue weighted by atomic mass is 16.4. The molecule has 2 N–H and O–H groups in total. The Morgan fingerprint density at radius 2 is 1.95 bits per heavy atom. The number of rotatable bonds is 8. The van der Waals surface area contributed by atoms with Crippen molar-refractivity contribution in [1.82, 2.24) is 4.98 Å². The Bertz CT molecular complexity index is 282. The zero-order valence-corrected chi connectivity index (χ0v) is 12.4. The third-order valence-corrected chi connectivity index (χ3v) is 3.42. The van der Waals surface area contributed by atoms with Crippen LogP contribution in [0.1, 0.15) is 59.3 Å². The molecule has 110 valence electrons. The quantitative estimate of drug-likeness (QED) is 0.785. The molecule has 0 aromatic carbocycles. The Hall–Kier alpha value is -1.32. The summed E-state index contributed by atoms with van der Waals surface area (Å²) in [7, 11) is 0. The third-order valence-electron chi connectivity index (χ3n) is 3.42. The first-order valence-corrected chi connectivity index (χ1v) is 7.32. The zero-order chi connectivity index (χ0) is 14.5. The minimum Gasteiger partial charge on any atom is -0.550 e. The molecule has 0 aliphatic carbocycles. The highest BCUT2D eigenvalue weighted by Crippen LogP contribution is 2.24. The molecule has 1 aromatic heterocycles. The summed E-state index contributed by atoms with van der Waals surface area (Å²) in [5.74, 6) is 0.115. The lowest BCUT2D eigenvalue weighted by molar-refractivity contribution is -0.375. The van der Waals surface area contributed by atoms with Crippen molar-refractivity contribution in [3.05, 3.63) is 18.7 Å². The van der Waals surface area contributed by atoms with Crippen LogP contribution in [0, 0.1) is 11.8 Å². The first-order chi connectivity index (χ1) is 9.13. The first-order valence-electron chi connectivity index (χ1n) is 7.32. The van der Waals surface area contributed by atoms with Gasteiger partial charge in [0.15, 0.2) is 0 Å². The van der Waals surface area contributed by atoms with Gasteiger partial charge in [0.2, 0.25) is 6.33 Å². The Kier molecular flexibility index (Phi) is 10.9. The lowest BCUT2D eigenvalue weighted by atomic mass is 9.86. The van der Waals surface area contributed by atoms with Gasteiger partial charge in [-0.2, -0.15) is 0 Å². The van der Waals surface area contributed by atoms with Crippen molar-refractivity contribution in [3.63, 3.8) is 0 Å².